The molecule has 22 heavy (non-hydrogen) atoms. The van der Waals surface area contributed by atoms with Crippen LogP contribution in [0, 0.1) is 6.92 Å². The second-order valence-electron chi connectivity index (χ2n) is 5.12. The number of pyridine rings is 2. The third-order valence-electron chi connectivity index (χ3n) is 3.49. The Kier molecular flexibility index (Phi) is 4.30. The molecule has 1 atom stereocenters. The van der Waals surface area contributed by atoms with Crippen LogP contribution in [0.1, 0.15) is 17.4 Å². The molecule has 0 bridgehead atoms. The molecule has 2 aromatic heterocycles. The fourth-order valence-corrected chi connectivity index (χ4v) is 2.30. The molecule has 0 fully saturated rings. The molecule has 4 heteroatoms. The van der Waals surface area contributed by atoms with Crippen LogP contribution in [0.4, 0.5) is 5.82 Å². The van der Waals surface area contributed by atoms with Gasteiger partial charge in [0.05, 0.1) is 18.2 Å². The Labute approximate surface area is 130 Å². The molecule has 111 valence electrons. The lowest BCUT2D eigenvalue weighted by molar-refractivity contribution is 0.0854. The highest BCUT2D eigenvalue weighted by atomic mass is 16.5. The highest BCUT2D eigenvalue weighted by Gasteiger charge is 2.08. The number of para-hydroxylation sites is 1. The summed E-state index contributed by atoms with van der Waals surface area (Å²) < 4.78 is 5.79. The van der Waals surface area contributed by atoms with Gasteiger partial charge in [0.2, 0.25) is 0 Å². The zero-order valence-corrected chi connectivity index (χ0v) is 12.3. The van der Waals surface area contributed by atoms with Crippen LogP contribution in [0.15, 0.2) is 54.7 Å². The average molecular weight is 292 g/mol. The standard InChI is InChI=1S/C18H18N3O/c1-13(22-10-9-16-6-4-8-18(19)21-16)15-11-14-5-2-3-7-17(14)20-12-15/h2-8,11-13H,1,9-10H2,(H2,19,21). The van der Waals surface area contributed by atoms with Gasteiger partial charge in [0, 0.05) is 23.7 Å². The number of hydrogen-bond acceptors (Lipinski definition) is 4. The summed E-state index contributed by atoms with van der Waals surface area (Å²) in [5, 5.41) is 1.09. The number of aromatic nitrogens is 2. The van der Waals surface area contributed by atoms with E-state index in [1.54, 1.807) is 6.07 Å². The Hall–Kier alpha value is -2.46. The molecule has 0 aliphatic carbocycles. The van der Waals surface area contributed by atoms with Crippen LogP contribution in [0.5, 0.6) is 0 Å². The number of nitrogen functional groups attached to an aromatic ring is 1. The van der Waals surface area contributed by atoms with E-state index in [9.17, 15) is 0 Å². The highest BCUT2D eigenvalue weighted by molar-refractivity contribution is 5.78. The van der Waals surface area contributed by atoms with Crippen LogP contribution in [0.3, 0.4) is 0 Å². The van der Waals surface area contributed by atoms with Crippen molar-refractivity contribution in [3.63, 3.8) is 0 Å². The number of hydrogen-bond donors (Lipinski definition) is 1. The normalized spacial score (nSPS) is 12.4. The summed E-state index contributed by atoms with van der Waals surface area (Å²) in [6.07, 6.45) is 2.27. The van der Waals surface area contributed by atoms with E-state index in [1.165, 1.54) is 0 Å². The van der Waals surface area contributed by atoms with Crippen LogP contribution < -0.4 is 5.73 Å². The average Bonchev–Trinajstić information content (AvgIpc) is 2.54. The molecule has 1 aromatic carbocycles. The molecule has 1 radical (unpaired) electrons. The number of nitrogens with two attached hydrogens (primary N) is 1. The monoisotopic (exact) mass is 292 g/mol. The first-order valence-corrected chi connectivity index (χ1v) is 7.23. The minimum absolute atomic E-state index is 0.252. The van der Waals surface area contributed by atoms with E-state index in [4.69, 9.17) is 10.5 Å². The molecule has 1 unspecified atom stereocenters. The van der Waals surface area contributed by atoms with Crippen molar-refractivity contribution in [2.75, 3.05) is 12.3 Å². The maximum Gasteiger partial charge on any atom is 0.123 e. The van der Waals surface area contributed by atoms with E-state index in [1.807, 2.05) is 42.6 Å². The molecule has 4 nitrogen and oxygen atoms in total. The van der Waals surface area contributed by atoms with E-state index in [2.05, 4.69) is 23.0 Å². The molecule has 0 amide bonds. The van der Waals surface area contributed by atoms with E-state index >= 15 is 0 Å². The predicted octanol–water partition coefficient (Wildman–Crippen LogP) is 3.35. The minimum Gasteiger partial charge on any atom is -0.384 e. The van der Waals surface area contributed by atoms with Crippen LogP contribution >= 0.6 is 0 Å². The molecule has 0 aliphatic heterocycles. The van der Waals surface area contributed by atoms with Crippen molar-refractivity contribution in [3.05, 3.63) is 72.9 Å². The van der Waals surface area contributed by atoms with Crippen LogP contribution in [-0.2, 0) is 11.2 Å². The maximum absolute atomic E-state index is 5.79. The first-order valence-electron chi connectivity index (χ1n) is 7.23. The molecule has 2 heterocycles. The van der Waals surface area contributed by atoms with Crippen molar-refractivity contribution in [2.45, 2.75) is 12.5 Å². The minimum atomic E-state index is -0.252. The number of rotatable bonds is 5. The van der Waals surface area contributed by atoms with E-state index in [-0.39, 0.29) is 6.10 Å². The molecule has 0 spiro atoms. The largest absolute Gasteiger partial charge is 0.384 e. The first-order chi connectivity index (χ1) is 10.7. The summed E-state index contributed by atoms with van der Waals surface area (Å²) in [4.78, 5) is 8.68. The van der Waals surface area contributed by atoms with Crippen molar-refractivity contribution in [1.82, 2.24) is 9.97 Å². The lowest BCUT2D eigenvalue weighted by Gasteiger charge is -2.13. The van der Waals surface area contributed by atoms with Gasteiger partial charge in [-0.1, -0.05) is 24.3 Å². The number of anilines is 1. The molecule has 3 rings (SSSR count). The van der Waals surface area contributed by atoms with E-state index < -0.39 is 0 Å². The van der Waals surface area contributed by atoms with Gasteiger partial charge in [0.1, 0.15) is 5.82 Å². The predicted molar refractivity (Wildman–Crippen MR) is 88.1 cm³/mol. The fraction of sp³-hybridized carbons (Fsp3) is 0.167. The number of ether oxygens (including phenoxy) is 1. The van der Waals surface area contributed by atoms with Gasteiger partial charge >= 0.3 is 0 Å². The Morgan fingerprint density at radius 3 is 2.86 bits per heavy atom. The summed E-state index contributed by atoms with van der Waals surface area (Å²) >= 11 is 0. The van der Waals surface area contributed by atoms with Crippen LogP contribution in [-0.4, -0.2) is 16.6 Å². The Bertz CT molecular complexity index is 773. The van der Waals surface area contributed by atoms with Crippen molar-refractivity contribution < 1.29 is 4.74 Å². The van der Waals surface area contributed by atoms with Gasteiger partial charge in [0.25, 0.3) is 0 Å². The summed E-state index contributed by atoms with van der Waals surface area (Å²) in [6, 6.07) is 15.7. The van der Waals surface area contributed by atoms with Gasteiger partial charge in [-0.3, -0.25) is 4.98 Å². The zero-order chi connectivity index (χ0) is 15.4. The van der Waals surface area contributed by atoms with Crippen molar-refractivity contribution in [1.29, 1.82) is 0 Å². The number of benzene rings is 1. The van der Waals surface area contributed by atoms with Gasteiger partial charge < -0.3 is 10.5 Å². The third kappa shape index (κ3) is 3.40. The van der Waals surface area contributed by atoms with Gasteiger partial charge in [-0.25, -0.2) is 4.98 Å². The van der Waals surface area contributed by atoms with Gasteiger partial charge in [-0.05, 0) is 36.8 Å². The highest BCUT2D eigenvalue weighted by Crippen LogP contribution is 2.20. The molecule has 2 N–H and O–H groups in total. The number of fused-ring (bicyclic) bond motifs is 1. The molecule has 0 aliphatic rings. The summed E-state index contributed by atoms with van der Waals surface area (Å²) in [5.41, 5.74) is 8.53. The van der Waals surface area contributed by atoms with Gasteiger partial charge in [-0.15, -0.1) is 0 Å². The zero-order valence-electron chi connectivity index (χ0n) is 12.3. The summed E-state index contributed by atoms with van der Waals surface area (Å²) in [6.45, 7) is 4.60. The topological polar surface area (TPSA) is 61.0 Å². The molecular formula is C18H18N3O. The van der Waals surface area contributed by atoms with Gasteiger partial charge in [-0.2, -0.15) is 0 Å². The van der Waals surface area contributed by atoms with Crippen molar-refractivity contribution in [2.24, 2.45) is 0 Å². The lowest BCUT2D eigenvalue weighted by Crippen LogP contribution is -2.06. The quantitative estimate of drug-likeness (QED) is 0.783. The van der Waals surface area contributed by atoms with Crippen LogP contribution in [0.25, 0.3) is 10.9 Å². The first kappa shape index (κ1) is 14.5. The third-order valence-corrected chi connectivity index (χ3v) is 3.49. The van der Waals surface area contributed by atoms with Crippen LogP contribution in [0.2, 0.25) is 0 Å². The van der Waals surface area contributed by atoms with Crippen molar-refractivity contribution >= 4 is 16.7 Å². The summed E-state index contributed by atoms with van der Waals surface area (Å²) in [5.74, 6) is 0.530. The molecular weight excluding hydrogens is 274 g/mol. The van der Waals surface area contributed by atoms with E-state index in [0.29, 0.717) is 18.8 Å². The maximum atomic E-state index is 5.79. The smallest absolute Gasteiger partial charge is 0.123 e. The number of nitrogens with zero attached hydrogens (tertiary/aromatic N) is 2. The second kappa shape index (κ2) is 6.54. The Balaban J connectivity index is 1.62. The van der Waals surface area contributed by atoms with E-state index in [0.717, 1.165) is 22.2 Å². The lowest BCUT2D eigenvalue weighted by atomic mass is 10.1. The van der Waals surface area contributed by atoms with Crippen molar-refractivity contribution in [3.8, 4) is 0 Å². The molecule has 0 saturated heterocycles. The van der Waals surface area contributed by atoms with Gasteiger partial charge in [0.15, 0.2) is 0 Å². The summed E-state index contributed by atoms with van der Waals surface area (Å²) in [7, 11) is 0. The fourth-order valence-electron chi connectivity index (χ4n) is 2.30. The molecule has 0 saturated carbocycles. The second-order valence-corrected chi connectivity index (χ2v) is 5.12. The SMILES string of the molecule is [CH2]C(OCCc1cccc(N)n1)c1cnc2ccccc2c1. The Morgan fingerprint density at radius 1 is 1.14 bits per heavy atom. The Morgan fingerprint density at radius 2 is 2.00 bits per heavy atom. The molecule has 3 aromatic rings.